The highest BCUT2D eigenvalue weighted by Crippen LogP contribution is 2.29. The molecule has 2 aromatic heterocycles. The largest absolute Gasteiger partial charge is 0.618 e. The van der Waals surface area contributed by atoms with E-state index in [9.17, 15) is 32.0 Å². The van der Waals surface area contributed by atoms with Crippen molar-refractivity contribution in [3.05, 3.63) is 112 Å². The highest BCUT2D eigenvalue weighted by Gasteiger charge is 2.21. The molecular weight excluding hydrogens is 469 g/mol. The van der Waals surface area contributed by atoms with Crippen molar-refractivity contribution in [3.8, 4) is 22.5 Å². The van der Waals surface area contributed by atoms with E-state index in [1.165, 1.54) is 25.1 Å². The molecule has 0 spiro atoms. The van der Waals surface area contributed by atoms with Gasteiger partial charge in [-0.3, -0.25) is 4.79 Å². The van der Waals surface area contributed by atoms with Crippen LogP contribution in [0, 0.1) is 34.3 Å². The zero-order valence-electron chi connectivity index (χ0n) is 18.0. The molecule has 4 rings (SSSR count). The van der Waals surface area contributed by atoms with Crippen LogP contribution in [0.4, 0.5) is 22.0 Å². The lowest BCUT2D eigenvalue weighted by molar-refractivity contribution is -0.617. The summed E-state index contributed by atoms with van der Waals surface area (Å²) in [5, 5.41) is 14.5. The fraction of sp³-hybridized carbons (Fsp3) is 0.0800. The van der Waals surface area contributed by atoms with Gasteiger partial charge in [0, 0.05) is 34.9 Å². The van der Waals surface area contributed by atoms with Gasteiger partial charge in [-0.15, -0.1) is 0 Å². The number of aromatic nitrogens is 2. The molecule has 10 heteroatoms. The van der Waals surface area contributed by atoms with Crippen LogP contribution in [0.5, 0.6) is 0 Å². The number of benzene rings is 2. The SMILES string of the molecule is C[C@@H](NC(=O)c1cc(-c2ccc(F)cc2F)nc(-c2ccc(F)cc2F)c1)c1ccc(F)c[n+]1[O-]. The van der Waals surface area contributed by atoms with Crippen molar-refractivity contribution in [2.75, 3.05) is 0 Å². The van der Waals surface area contributed by atoms with Crippen LogP contribution < -0.4 is 10.0 Å². The molecule has 178 valence electrons. The van der Waals surface area contributed by atoms with E-state index in [1.54, 1.807) is 0 Å². The molecular formula is C25H16F5N3O2. The van der Waals surface area contributed by atoms with E-state index in [0.717, 1.165) is 30.3 Å². The van der Waals surface area contributed by atoms with Gasteiger partial charge in [-0.25, -0.2) is 26.9 Å². The highest BCUT2D eigenvalue weighted by atomic mass is 19.1. The smallest absolute Gasteiger partial charge is 0.252 e. The third-order valence-electron chi connectivity index (χ3n) is 5.20. The van der Waals surface area contributed by atoms with Gasteiger partial charge in [0.05, 0.1) is 11.4 Å². The molecule has 2 heterocycles. The lowest BCUT2D eigenvalue weighted by Crippen LogP contribution is -2.38. The van der Waals surface area contributed by atoms with E-state index in [-0.39, 0.29) is 38.5 Å². The minimum atomic E-state index is -0.965. The first-order valence-electron chi connectivity index (χ1n) is 10.2. The first-order chi connectivity index (χ1) is 16.6. The number of nitrogens with one attached hydrogen (secondary N) is 1. The van der Waals surface area contributed by atoms with Crippen LogP contribution in [-0.2, 0) is 0 Å². The summed E-state index contributed by atoms with van der Waals surface area (Å²) in [6.45, 7) is 1.49. The summed E-state index contributed by atoms with van der Waals surface area (Å²) < 4.78 is 69.3. The predicted molar refractivity (Wildman–Crippen MR) is 116 cm³/mol. The maximum atomic E-state index is 14.5. The summed E-state index contributed by atoms with van der Waals surface area (Å²) in [5.41, 5.74) is -0.584. The Labute approximate surface area is 196 Å². The zero-order chi connectivity index (χ0) is 25.3. The van der Waals surface area contributed by atoms with Gasteiger partial charge in [-0.2, -0.15) is 4.73 Å². The van der Waals surface area contributed by atoms with Crippen LogP contribution >= 0.6 is 0 Å². The van der Waals surface area contributed by atoms with E-state index >= 15 is 0 Å². The third kappa shape index (κ3) is 5.11. The molecule has 35 heavy (non-hydrogen) atoms. The van der Waals surface area contributed by atoms with Crippen molar-refractivity contribution < 1.29 is 31.5 Å². The van der Waals surface area contributed by atoms with Crippen LogP contribution in [0.3, 0.4) is 0 Å². The van der Waals surface area contributed by atoms with Crippen molar-refractivity contribution >= 4 is 5.91 Å². The number of amides is 1. The van der Waals surface area contributed by atoms with Crippen molar-refractivity contribution in [1.29, 1.82) is 0 Å². The second-order valence-corrected chi connectivity index (χ2v) is 7.67. The number of halogens is 5. The number of hydrogen-bond donors (Lipinski definition) is 1. The number of carbonyl (C=O) groups excluding carboxylic acids is 1. The van der Waals surface area contributed by atoms with Crippen molar-refractivity contribution in [2.45, 2.75) is 13.0 Å². The van der Waals surface area contributed by atoms with Gasteiger partial charge in [0.15, 0.2) is 5.82 Å². The third-order valence-corrected chi connectivity index (χ3v) is 5.20. The number of carbonyl (C=O) groups is 1. The molecule has 0 radical (unpaired) electrons. The molecule has 0 aliphatic heterocycles. The Balaban J connectivity index is 1.78. The second kappa shape index (κ2) is 9.49. The molecule has 4 aromatic rings. The average Bonchev–Trinajstić information content (AvgIpc) is 2.78. The van der Waals surface area contributed by atoms with Crippen LogP contribution in [0.2, 0.25) is 0 Å². The van der Waals surface area contributed by atoms with Gasteiger partial charge in [-0.1, -0.05) is 0 Å². The van der Waals surface area contributed by atoms with Crippen LogP contribution in [-0.4, -0.2) is 10.9 Å². The van der Waals surface area contributed by atoms with Gasteiger partial charge in [0.25, 0.3) is 5.91 Å². The number of pyridine rings is 2. The summed E-state index contributed by atoms with van der Waals surface area (Å²) in [5.74, 6) is -5.08. The Bertz CT molecular complexity index is 1380. The highest BCUT2D eigenvalue weighted by molar-refractivity contribution is 5.96. The van der Waals surface area contributed by atoms with Crippen LogP contribution in [0.1, 0.15) is 29.0 Å². The molecule has 2 aromatic carbocycles. The molecule has 0 aliphatic rings. The van der Waals surface area contributed by atoms with Crippen LogP contribution in [0.15, 0.2) is 66.9 Å². The number of hydrogen-bond acceptors (Lipinski definition) is 3. The lowest BCUT2D eigenvalue weighted by atomic mass is 10.0. The van der Waals surface area contributed by atoms with Gasteiger partial charge in [-0.05, 0) is 49.4 Å². The Morgan fingerprint density at radius 1 is 0.829 bits per heavy atom. The first-order valence-corrected chi connectivity index (χ1v) is 10.2. The number of nitrogens with zero attached hydrogens (tertiary/aromatic N) is 2. The lowest BCUT2D eigenvalue weighted by Gasteiger charge is -2.15. The molecule has 0 fully saturated rings. The summed E-state index contributed by atoms with van der Waals surface area (Å²) in [6, 6.07) is 9.29. The molecule has 0 unspecified atom stereocenters. The molecule has 0 aliphatic carbocycles. The standard InChI is InChI=1S/C25H16F5N3O2/c1-13(24-7-4-17(28)12-33(24)35)31-25(34)14-8-22(18-5-2-15(26)10-20(18)29)32-23(9-14)19-6-3-16(27)11-21(19)30/h2-13H,1H3,(H,31,34)/t13-/m1/s1. The quantitative estimate of drug-likeness (QED) is 0.239. The van der Waals surface area contributed by atoms with E-state index < -0.39 is 41.0 Å². The van der Waals surface area contributed by atoms with Crippen molar-refractivity contribution in [3.63, 3.8) is 0 Å². The van der Waals surface area contributed by atoms with E-state index in [2.05, 4.69) is 10.3 Å². The van der Waals surface area contributed by atoms with Crippen LogP contribution in [0.25, 0.3) is 22.5 Å². The molecule has 0 bridgehead atoms. The Morgan fingerprint density at radius 2 is 1.34 bits per heavy atom. The fourth-order valence-corrected chi connectivity index (χ4v) is 3.49. The monoisotopic (exact) mass is 485 g/mol. The maximum Gasteiger partial charge on any atom is 0.252 e. The maximum absolute atomic E-state index is 14.5. The second-order valence-electron chi connectivity index (χ2n) is 7.67. The van der Waals surface area contributed by atoms with E-state index in [4.69, 9.17) is 0 Å². The molecule has 5 nitrogen and oxygen atoms in total. The van der Waals surface area contributed by atoms with E-state index in [0.29, 0.717) is 18.3 Å². The minimum Gasteiger partial charge on any atom is -0.618 e. The van der Waals surface area contributed by atoms with Crippen molar-refractivity contribution in [1.82, 2.24) is 10.3 Å². The average molecular weight is 485 g/mol. The summed E-state index contributed by atoms with van der Waals surface area (Å²) in [6.07, 6.45) is 0.704. The fourth-order valence-electron chi connectivity index (χ4n) is 3.49. The molecule has 1 amide bonds. The van der Waals surface area contributed by atoms with Gasteiger partial charge in [0.1, 0.15) is 29.3 Å². The van der Waals surface area contributed by atoms with E-state index in [1.807, 2.05) is 0 Å². The molecule has 0 saturated heterocycles. The Kier molecular flexibility index (Phi) is 6.46. The Hall–Kier alpha value is -4.34. The van der Waals surface area contributed by atoms with Gasteiger partial charge >= 0.3 is 0 Å². The first kappa shape index (κ1) is 23.8. The number of rotatable bonds is 5. The normalized spacial score (nSPS) is 11.8. The topological polar surface area (TPSA) is 68.9 Å². The molecule has 0 saturated carbocycles. The summed E-state index contributed by atoms with van der Waals surface area (Å²) >= 11 is 0. The predicted octanol–water partition coefficient (Wildman–Crippen LogP) is 5.24. The molecule has 1 atom stereocenters. The van der Waals surface area contributed by atoms with Gasteiger partial charge in [0.2, 0.25) is 11.9 Å². The Morgan fingerprint density at radius 3 is 1.83 bits per heavy atom. The zero-order valence-corrected chi connectivity index (χ0v) is 18.0. The van der Waals surface area contributed by atoms with Crippen molar-refractivity contribution in [2.24, 2.45) is 0 Å². The van der Waals surface area contributed by atoms with Gasteiger partial charge < -0.3 is 10.5 Å². The molecule has 1 N–H and O–H groups in total. The summed E-state index contributed by atoms with van der Waals surface area (Å²) in [4.78, 5) is 17.2. The minimum absolute atomic E-state index is 0.0448. The summed E-state index contributed by atoms with van der Waals surface area (Å²) in [7, 11) is 0.